The fraction of sp³-hybridized carbons (Fsp3) is 1.00. The van der Waals surface area contributed by atoms with Crippen LogP contribution in [0.15, 0.2) is 0 Å². The first-order valence-corrected chi connectivity index (χ1v) is 4.20. The molecule has 0 aliphatic heterocycles. The van der Waals surface area contributed by atoms with Crippen molar-refractivity contribution in [1.29, 1.82) is 0 Å². The van der Waals surface area contributed by atoms with Crippen molar-refractivity contribution < 1.29 is 0 Å². The second-order valence-corrected chi connectivity index (χ2v) is 4.38. The molecule has 0 N–H and O–H groups in total. The second kappa shape index (κ2) is 5.01. The van der Waals surface area contributed by atoms with Crippen molar-refractivity contribution in [3.63, 3.8) is 0 Å². The van der Waals surface area contributed by atoms with Crippen LogP contribution in [0.25, 0.3) is 0 Å². The second-order valence-electron chi connectivity index (χ2n) is 0.785. The maximum Gasteiger partial charge on any atom is -0.0161 e. The molecule has 34 valence electrons. The molecular formula is C2H7Cl2P. The molecule has 0 rings (SSSR count). The van der Waals surface area contributed by atoms with Gasteiger partial charge in [0.2, 0.25) is 0 Å². The minimum absolute atomic E-state index is 0. The van der Waals surface area contributed by atoms with Gasteiger partial charge in [0.25, 0.3) is 0 Å². The lowest BCUT2D eigenvalue weighted by molar-refractivity contribution is 2.29. The Bertz CT molecular complexity index is 12.4. The third kappa shape index (κ3) is 44.5. The maximum atomic E-state index is 5.34. The fourth-order valence-corrected chi connectivity index (χ4v) is 0. The van der Waals surface area contributed by atoms with Crippen molar-refractivity contribution in [2.75, 3.05) is 13.3 Å². The minimum Gasteiger partial charge on any atom is -0.147 e. The van der Waals surface area contributed by atoms with Crippen LogP contribution in [-0.4, -0.2) is 13.3 Å². The Morgan fingerprint density at radius 2 is 1.40 bits per heavy atom. The van der Waals surface area contributed by atoms with E-state index in [-0.39, 0.29) is 19.7 Å². The quantitative estimate of drug-likeness (QED) is 0.444. The van der Waals surface area contributed by atoms with Gasteiger partial charge in [0.05, 0.1) is 0 Å². The van der Waals surface area contributed by atoms with Crippen LogP contribution in [0.2, 0.25) is 0 Å². The predicted octanol–water partition coefficient (Wildman–Crippen LogP) is 2.30. The topological polar surface area (TPSA) is 0 Å². The van der Waals surface area contributed by atoms with Crippen LogP contribution in [0, 0.1) is 0 Å². The van der Waals surface area contributed by atoms with Gasteiger partial charge in [0, 0.05) is 0 Å². The number of hydrogen-bond acceptors (Lipinski definition) is 0. The van der Waals surface area contributed by atoms with Crippen molar-refractivity contribution in [3.05, 3.63) is 0 Å². The smallest absolute Gasteiger partial charge is 0.0161 e. The molecule has 0 aromatic rings. The Morgan fingerprint density at radius 3 is 1.40 bits per heavy atom. The average Bonchev–Trinajstić information content (AvgIpc) is 0.811. The van der Waals surface area contributed by atoms with E-state index in [0.717, 1.165) is 0 Å². The highest BCUT2D eigenvalue weighted by Gasteiger charge is 1.70. The van der Waals surface area contributed by atoms with Crippen LogP contribution < -0.4 is 0 Å². The lowest BCUT2D eigenvalue weighted by Crippen LogP contribution is -1.36. The normalized spacial score (nSPS) is 7.20. The van der Waals surface area contributed by atoms with E-state index in [1.54, 1.807) is 0 Å². The van der Waals surface area contributed by atoms with Gasteiger partial charge in [-0.2, -0.15) is 0 Å². The highest BCUT2D eigenvalue weighted by molar-refractivity contribution is 7.82. The minimum atomic E-state index is -0.148. The first kappa shape index (κ1) is 9.38. The largest absolute Gasteiger partial charge is 0.147 e. The fourth-order valence-electron chi connectivity index (χ4n) is 0. The lowest BCUT2D eigenvalue weighted by Gasteiger charge is -1.77. The highest BCUT2D eigenvalue weighted by atomic mass is 35.7. The first-order chi connectivity index (χ1) is 1.73. The van der Waals surface area contributed by atoms with Gasteiger partial charge in [0.15, 0.2) is 0 Å². The predicted molar refractivity (Wildman–Crippen MR) is 31.9 cm³/mol. The van der Waals surface area contributed by atoms with Gasteiger partial charge >= 0.3 is 0 Å². The molecule has 0 saturated carbocycles. The molecule has 0 heterocycles. The highest BCUT2D eigenvalue weighted by Crippen LogP contribution is 2.29. The van der Waals surface area contributed by atoms with Gasteiger partial charge in [-0.3, -0.25) is 0 Å². The molecule has 0 amide bonds. The van der Waals surface area contributed by atoms with Crippen molar-refractivity contribution in [2.24, 2.45) is 0 Å². The zero-order valence-corrected chi connectivity index (χ0v) is 5.70. The van der Waals surface area contributed by atoms with Gasteiger partial charge in [-0.25, -0.2) is 0 Å². The number of hydrogen-bond donors (Lipinski definition) is 0. The van der Waals surface area contributed by atoms with E-state index in [1.807, 2.05) is 13.3 Å². The maximum absolute atomic E-state index is 5.34. The van der Waals surface area contributed by atoms with Crippen LogP contribution in [-0.2, 0) is 0 Å². The monoisotopic (exact) mass is 132 g/mol. The summed E-state index contributed by atoms with van der Waals surface area (Å²) in [6, 6.07) is 0. The first-order valence-electron chi connectivity index (χ1n) is 1.06. The van der Waals surface area contributed by atoms with Crippen LogP contribution in [0.3, 0.4) is 0 Å². The van der Waals surface area contributed by atoms with E-state index in [0.29, 0.717) is 0 Å². The van der Waals surface area contributed by atoms with Crippen molar-refractivity contribution >= 4 is 30.9 Å². The Hall–Kier alpha value is 1.01. The van der Waals surface area contributed by atoms with Crippen LogP contribution in [0.4, 0.5) is 0 Å². The summed E-state index contributed by atoms with van der Waals surface area (Å²) in [6.07, 6.45) is 0. The van der Waals surface area contributed by atoms with E-state index in [1.165, 1.54) is 0 Å². The van der Waals surface area contributed by atoms with Crippen molar-refractivity contribution in [3.8, 4) is 0 Å². The van der Waals surface area contributed by atoms with Gasteiger partial charge in [-0.15, -0.1) is 12.4 Å². The summed E-state index contributed by atoms with van der Waals surface area (Å²) in [5.41, 5.74) is 0. The lowest BCUT2D eigenvalue weighted by atomic mass is 11.9. The standard InChI is InChI=1S/C2H6ClP.ClH/c1-4(2)3;/h1-2H3;1H. The zero-order valence-electron chi connectivity index (χ0n) is 3.23. The Labute approximate surface area is 44.9 Å². The zero-order chi connectivity index (χ0) is 3.58. The molecule has 0 atom stereocenters. The molecular weight excluding hydrogens is 126 g/mol. The summed E-state index contributed by atoms with van der Waals surface area (Å²) in [4.78, 5) is 0. The molecule has 0 fully saturated rings. The third-order valence-corrected chi connectivity index (χ3v) is 0. The van der Waals surface area contributed by atoms with E-state index < -0.39 is 0 Å². The van der Waals surface area contributed by atoms with E-state index in [9.17, 15) is 0 Å². The summed E-state index contributed by atoms with van der Waals surface area (Å²) in [5, 5.41) is 0. The molecule has 0 aliphatic carbocycles. The van der Waals surface area contributed by atoms with Gasteiger partial charge in [-0.05, 0) is 20.6 Å². The van der Waals surface area contributed by atoms with E-state index >= 15 is 0 Å². The molecule has 0 unspecified atom stereocenters. The molecule has 0 aromatic carbocycles. The van der Waals surface area contributed by atoms with E-state index in [4.69, 9.17) is 11.2 Å². The van der Waals surface area contributed by atoms with Gasteiger partial charge in [-0.1, -0.05) is 11.2 Å². The van der Waals surface area contributed by atoms with Crippen LogP contribution in [0.1, 0.15) is 0 Å². The molecule has 0 radical (unpaired) electrons. The summed E-state index contributed by atoms with van der Waals surface area (Å²) in [5.74, 6) is 0. The molecule has 0 aliphatic rings. The van der Waals surface area contributed by atoms with Gasteiger partial charge in [0.1, 0.15) is 0 Å². The molecule has 0 aromatic heterocycles. The van der Waals surface area contributed by atoms with Crippen LogP contribution >= 0.6 is 30.9 Å². The SMILES string of the molecule is CP(C)Cl.Cl. The van der Waals surface area contributed by atoms with Crippen LogP contribution in [0.5, 0.6) is 0 Å². The Balaban J connectivity index is 0. The average molecular weight is 133 g/mol. The summed E-state index contributed by atoms with van der Waals surface area (Å²) >= 11 is 5.34. The summed E-state index contributed by atoms with van der Waals surface area (Å²) < 4.78 is 0. The molecule has 3 heteroatoms. The third-order valence-electron chi connectivity index (χ3n) is 0. The van der Waals surface area contributed by atoms with Gasteiger partial charge < -0.3 is 0 Å². The molecule has 0 saturated heterocycles. The number of rotatable bonds is 0. The van der Waals surface area contributed by atoms with Crippen molar-refractivity contribution in [1.82, 2.24) is 0 Å². The summed E-state index contributed by atoms with van der Waals surface area (Å²) in [6.45, 7) is 3.99. The molecule has 0 nitrogen and oxygen atoms in total. The van der Waals surface area contributed by atoms with E-state index in [2.05, 4.69) is 0 Å². The summed E-state index contributed by atoms with van der Waals surface area (Å²) in [7, 11) is -0.148. The molecule has 0 bridgehead atoms. The molecule has 5 heavy (non-hydrogen) atoms. The number of halogens is 2. The Kier molecular flexibility index (Phi) is 9.40. The molecule has 0 spiro atoms. The van der Waals surface area contributed by atoms with Crippen molar-refractivity contribution in [2.45, 2.75) is 0 Å². The Morgan fingerprint density at radius 1 is 1.40 bits per heavy atom.